The van der Waals surface area contributed by atoms with Crippen molar-refractivity contribution in [3.63, 3.8) is 0 Å². The van der Waals surface area contributed by atoms with Crippen molar-refractivity contribution in [1.29, 1.82) is 0 Å². The summed E-state index contributed by atoms with van der Waals surface area (Å²) >= 11 is 11.7. The van der Waals surface area contributed by atoms with Gasteiger partial charge in [-0.3, -0.25) is 4.79 Å². The molecule has 1 heterocycles. The van der Waals surface area contributed by atoms with Crippen molar-refractivity contribution in [1.82, 2.24) is 4.98 Å². The van der Waals surface area contributed by atoms with Crippen molar-refractivity contribution in [2.24, 2.45) is 0 Å². The number of carbonyl (C=O) groups excluding carboxylic acids is 2. The van der Waals surface area contributed by atoms with Gasteiger partial charge in [0.2, 0.25) is 0 Å². The third-order valence-corrected chi connectivity index (χ3v) is 3.63. The maximum absolute atomic E-state index is 12.1. The number of aryl methyl sites for hydroxylation is 1. The zero-order chi connectivity index (χ0) is 17.0. The number of aromatic nitrogens is 1. The summed E-state index contributed by atoms with van der Waals surface area (Å²) in [6.45, 7) is 3.30. The molecule has 0 aliphatic rings. The fourth-order valence-electron chi connectivity index (χ4n) is 1.78. The van der Waals surface area contributed by atoms with Crippen LogP contribution in [-0.2, 0) is 9.53 Å². The number of nitrogens with zero attached hydrogens (tertiary/aromatic N) is 1. The smallest absolute Gasteiger partial charge is 0.342 e. The van der Waals surface area contributed by atoms with Crippen molar-refractivity contribution in [2.75, 3.05) is 5.32 Å². The van der Waals surface area contributed by atoms with E-state index in [9.17, 15) is 9.59 Å². The molecule has 0 radical (unpaired) electrons. The molecule has 2 rings (SSSR count). The second-order valence-corrected chi connectivity index (χ2v) is 5.63. The molecule has 0 spiro atoms. The van der Waals surface area contributed by atoms with Crippen LogP contribution < -0.4 is 5.32 Å². The summed E-state index contributed by atoms with van der Waals surface area (Å²) in [6.07, 6.45) is 0.453. The van der Waals surface area contributed by atoms with E-state index in [1.807, 2.05) is 6.92 Å². The summed E-state index contributed by atoms with van der Waals surface area (Å²) in [5.41, 5.74) is 1.51. The lowest BCUT2D eigenvalue weighted by Crippen LogP contribution is -2.30. The van der Waals surface area contributed by atoms with Crippen LogP contribution in [0.1, 0.15) is 22.8 Å². The number of ether oxygens (including phenoxy) is 1. The third-order valence-electron chi connectivity index (χ3n) is 3.09. The first-order valence-electron chi connectivity index (χ1n) is 6.77. The molecule has 0 bridgehead atoms. The van der Waals surface area contributed by atoms with Crippen LogP contribution >= 0.6 is 23.2 Å². The van der Waals surface area contributed by atoms with Gasteiger partial charge in [0, 0.05) is 16.9 Å². The predicted octanol–water partition coefficient (Wildman–Crippen LogP) is 3.88. The average molecular weight is 353 g/mol. The fraction of sp³-hybridized carbons (Fsp3) is 0.188. The van der Waals surface area contributed by atoms with Crippen LogP contribution in [0.4, 0.5) is 5.69 Å². The number of carbonyl (C=O) groups is 2. The minimum atomic E-state index is -1.00. The van der Waals surface area contributed by atoms with E-state index >= 15 is 0 Å². The lowest BCUT2D eigenvalue weighted by atomic mass is 10.2. The molecule has 0 aliphatic carbocycles. The molecule has 1 atom stereocenters. The number of hydrogen-bond donors (Lipinski definition) is 1. The maximum Gasteiger partial charge on any atom is 0.342 e. The average Bonchev–Trinajstić information content (AvgIpc) is 2.51. The van der Waals surface area contributed by atoms with Crippen LogP contribution in [0.5, 0.6) is 0 Å². The number of hydrogen-bond acceptors (Lipinski definition) is 4. The van der Waals surface area contributed by atoms with E-state index in [-0.39, 0.29) is 10.7 Å². The van der Waals surface area contributed by atoms with Crippen molar-refractivity contribution >= 4 is 40.8 Å². The van der Waals surface area contributed by atoms with Gasteiger partial charge in [-0.1, -0.05) is 29.3 Å². The molecule has 0 saturated heterocycles. The Hall–Kier alpha value is -2.11. The van der Waals surface area contributed by atoms with Gasteiger partial charge in [-0.25, -0.2) is 9.78 Å². The zero-order valence-corrected chi connectivity index (χ0v) is 14.0. The van der Waals surface area contributed by atoms with Crippen molar-refractivity contribution < 1.29 is 14.3 Å². The summed E-state index contributed by atoms with van der Waals surface area (Å²) < 4.78 is 5.11. The highest BCUT2D eigenvalue weighted by molar-refractivity contribution is 6.32. The Balaban J connectivity index is 2.04. The number of halogens is 2. The van der Waals surface area contributed by atoms with Crippen LogP contribution in [0.25, 0.3) is 0 Å². The van der Waals surface area contributed by atoms with Gasteiger partial charge in [-0.05, 0) is 43.7 Å². The van der Waals surface area contributed by atoms with Crippen molar-refractivity contribution in [2.45, 2.75) is 20.0 Å². The number of anilines is 1. The Morgan fingerprint density at radius 2 is 2.00 bits per heavy atom. The number of amides is 1. The SMILES string of the molecule is Cc1ccc(Cl)cc1NC(=O)C(C)OC(=O)c1cccnc1Cl. The monoisotopic (exact) mass is 352 g/mol. The molecule has 0 saturated carbocycles. The molecule has 5 nitrogen and oxygen atoms in total. The highest BCUT2D eigenvalue weighted by Crippen LogP contribution is 2.21. The van der Waals surface area contributed by atoms with E-state index in [1.165, 1.54) is 19.2 Å². The van der Waals surface area contributed by atoms with E-state index in [2.05, 4.69) is 10.3 Å². The summed E-state index contributed by atoms with van der Waals surface area (Å²) in [6, 6.07) is 8.16. The summed E-state index contributed by atoms with van der Waals surface area (Å²) in [7, 11) is 0. The molecule has 7 heteroatoms. The van der Waals surface area contributed by atoms with Gasteiger partial charge >= 0.3 is 5.97 Å². The van der Waals surface area contributed by atoms with Gasteiger partial charge in [0.05, 0.1) is 5.56 Å². The first-order valence-corrected chi connectivity index (χ1v) is 7.52. The molecule has 120 valence electrons. The molecular weight excluding hydrogens is 339 g/mol. The lowest BCUT2D eigenvalue weighted by molar-refractivity contribution is -0.123. The number of rotatable bonds is 4. The van der Waals surface area contributed by atoms with E-state index in [4.69, 9.17) is 27.9 Å². The molecule has 2 aromatic rings. The Kier molecular flexibility index (Phi) is 5.58. The molecule has 0 fully saturated rings. The number of nitrogens with one attached hydrogen (secondary N) is 1. The lowest BCUT2D eigenvalue weighted by Gasteiger charge is -2.15. The van der Waals surface area contributed by atoms with E-state index < -0.39 is 18.0 Å². The van der Waals surface area contributed by atoms with Gasteiger partial charge in [-0.15, -0.1) is 0 Å². The Morgan fingerprint density at radius 1 is 1.26 bits per heavy atom. The molecule has 1 aromatic heterocycles. The van der Waals surface area contributed by atoms with E-state index in [0.717, 1.165) is 5.56 Å². The molecule has 1 aromatic carbocycles. The first-order chi connectivity index (χ1) is 10.9. The van der Waals surface area contributed by atoms with E-state index in [0.29, 0.717) is 10.7 Å². The predicted molar refractivity (Wildman–Crippen MR) is 88.9 cm³/mol. The quantitative estimate of drug-likeness (QED) is 0.669. The molecule has 0 aliphatic heterocycles. The highest BCUT2D eigenvalue weighted by atomic mass is 35.5. The minimum absolute atomic E-state index is 0.0239. The largest absolute Gasteiger partial charge is 0.449 e. The maximum atomic E-state index is 12.1. The molecular formula is C16H14Cl2N2O3. The zero-order valence-electron chi connectivity index (χ0n) is 12.5. The van der Waals surface area contributed by atoms with Crippen LogP contribution in [0.2, 0.25) is 10.2 Å². The summed E-state index contributed by atoms with van der Waals surface area (Å²) in [5, 5.41) is 3.19. The van der Waals surface area contributed by atoms with Crippen molar-refractivity contribution in [3.05, 3.63) is 57.8 Å². The van der Waals surface area contributed by atoms with Crippen LogP contribution in [0.15, 0.2) is 36.5 Å². The second kappa shape index (κ2) is 7.44. The molecule has 1 N–H and O–H groups in total. The van der Waals surface area contributed by atoms with Gasteiger partial charge in [-0.2, -0.15) is 0 Å². The van der Waals surface area contributed by atoms with Gasteiger partial charge in [0.1, 0.15) is 5.15 Å². The second-order valence-electron chi connectivity index (χ2n) is 4.84. The molecule has 23 heavy (non-hydrogen) atoms. The molecule has 1 unspecified atom stereocenters. The highest BCUT2D eigenvalue weighted by Gasteiger charge is 2.21. The Labute approximate surface area is 143 Å². The van der Waals surface area contributed by atoms with Crippen molar-refractivity contribution in [3.8, 4) is 0 Å². The van der Waals surface area contributed by atoms with Crippen LogP contribution in [0.3, 0.4) is 0 Å². The van der Waals surface area contributed by atoms with Crippen LogP contribution in [-0.4, -0.2) is 23.0 Å². The minimum Gasteiger partial charge on any atom is -0.449 e. The van der Waals surface area contributed by atoms with Gasteiger partial charge in [0.25, 0.3) is 5.91 Å². The third kappa shape index (κ3) is 4.43. The standard InChI is InChI=1S/C16H14Cl2N2O3/c1-9-5-6-11(17)8-13(9)20-15(21)10(2)23-16(22)12-4-3-7-19-14(12)18/h3-8,10H,1-2H3,(H,20,21). The van der Waals surface area contributed by atoms with E-state index in [1.54, 1.807) is 24.3 Å². The van der Waals surface area contributed by atoms with Gasteiger partial charge < -0.3 is 10.1 Å². The summed E-state index contributed by atoms with van der Waals surface area (Å²) in [5.74, 6) is -1.18. The number of pyridine rings is 1. The number of esters is 1. The Morgan fingerprint density at radius 3 is 2.70 bits per heavy atom. The van der Waals surface area contributed by atoms with Gasteiger partial charge in [0.15, 0.2) is 6.10 Å². The van der Waals surface area contributed by atoms with Crippen LogP contribution in [0, 0.1) is 6.92 Å². The molecule has 1 amide bonds. The Bertz CT molecular complexity index is 750. The topological polar surface area (TPSA) is 68.3 Å². The normalized spacial score (nSPS) is 11.7. The number of benzene rings is 1. The first kappa shape index (κ1) is 17.2. The fourth-order valence-corrected chi connectivity index (χ4v) is 2.15. The summed E-state index contributed by atoms with van der Waals surface area (Å²) in [4.78, 5) is 27.9.